The quantitative estimate of drug-likeness (QED) is 0.472. The van der Waals surface area contributed by atoms with E-state index in [1.807, 2.05) is 30.3 Å². The maximum absolute atomic E-state index is 13.7. The molecule has 4 heteroatoms. The van der Waals surface area contributed by atoms with Crippen LogP contribution in [0.1, 0.15) is 29.0 Å². The molecule has 2 aromatic rings. The van der Waals surface area contributed by atoms with Gasteiger partial charge in [-0.05, 0) is 24.6 Å². The topological polar surface area (TPSA) is 39.1 Å². The molecule has 0 aliphatic heterocycles. The largest absolute Gasteiger partial charge is 0.307 e. The van der Waals surface area contributed by atoms with E-state index in [-0.39, 0.29) is 18.0 Å². The zero-order valence-electron chi connectivity index (χ0n) is 9.84. The summed E-state index contributed by atoms with van der Waals surface area (Å²) >= 11 is 0. The van der Waals surface area contributed by atoms with Crippen LogP contribution in [0.15, 0.2) is 42.5 Å². The number of nitrogens with zero attached hydrogens (tertiary/aromatic N) is 1. The molecular formula is C14H12FNO2. The van der Waals surface area contributed by atoms with Gasteiger partial charge in [0.2, 0.25) is 5.78 Å². The molecule has 0 aliphatic rings. The fourth-order valence-corrected chi connectivity index (χ4v) is 1.96. The third kappa shape index (κ3) is 2.09. The van der Waals surface area contributed by atoms with E-state index in [4.69, 9.17) is 0 Å². The van der Waals surface area contributed by atoms with E-state index in [2.05, 4.69) is 0 Å². The van der Waals surface area contributed by atoms with Gasteiger partial charge in [0.05, 0.1) is 11.7 Å². The third-order valence-electron chi connectivity index (χ3n) is 2.90. The first kappa shape index (κ1) is 12.2. The fraction of sp³-hybridized carbons (Fsp3) is 0.143. The van der Waals surface area contributed by atoms with Crippen LogP contribution < -0.4 is 0 Å². The zero-order chi connectivity index (χ0) is 13.1. The predicted molar refractivity (Wildman–Crippen MR) is 65.0 cm³/mol. The van der Waals surface area contributed by atoms with Crippen LogP contribution in [-0.2, 0) is 4.79 Å². The van der Waals surface area contributed by atoms with Gasteiger partial charge in [-0.15, -0.1) is 0 Å². The molecule has 18 heavy (non-hydrogen) atoms. The first-order valence-corrected chi connectivity index (χ1v) is 5.56. The summed E-state index contributed by atoms with van der Waals surface area (Å²) in [6, 6.07) is 11.4. The fourth-order valence-electron chi connectivity index (χ4n) is 1.96. The molecule has 0 bridgehead atoms. The number of hydrogen-bond acceptors (Lipinski definition) is 2. The highest BCUT2D eigenvalue weighted by Gasteiger charge is 2.19. The molecule has 0 N–H and O–H groups in total. The Morgan fingerprint density at radius 2 is 1.89 bits per heavy atom. The molecule has 1 atom stereocenters. The summed E-state index contributed by atoms with van der Waals surface area (Å²) in [7, 11) is 0. The van der Waals surface area contributed by atoms with Crippen molar-refractivity contribution < 1.29 is 14.0 Å². The second kappa shape index (κ2) is 4.96. The van der Waals surface area contributed by atoms with Crippen molar-refractivity contribution in [2.75, 3.05) is 0 Å². The molecule has 0 spiro atoms. The monoisotopic (exact) mass is 245 g/mol. The third-order valence-corrected chi connectivity index (χ3v) is 2.90. The van der Waals surface area contributed by atoms with E-state index >= 15 is 0 Å². The second-order valence-electron chi connectivity index (χ2n) is 3.98. The number of Topliss-reactive ketones (excluding diaryl/α,β-unsaturated/α-hetero) is 1. The van der Waals surface area contributed by atoms with Crippen molar-refractivity contribution in [3.05, 3.63) is 59.7 Å². The first-order chi connectivity index (χ1) is 8.65. The van der Waals surface area contributed by atoms with E-state index in [9.17, 15) is 14.0 Å². The van der Waals surface area contributed by atoms with Gasteiger partial charge in [-0.2, -0.15) is 4.39 Å². The van der Waals surface area contributed by atoms with Crippen LogP contribution in [0, 0.1) is 5.95 Å². The maximum atomic E-state index is 13.7. The van der Waals surface area contributed by atoms with Crippen LogP contribution in [0.3, 0.4) is 0 Å². The Bertz CT molecular complexity index is 575. The van der Waals surface area contributed by atoms with E-state index in [0.29, 0.717) is 0 Å². The Labute approximate surface area is 104 Å². The summed E-state index contributed by atoms with van der Waals surface area (Å²) in [6.07, 6.45) is 0.197. The summed E-state index contributed by atoms with van der Waals surface area (Å²) in [4.78, 5) is 22.0. The summed E-state index contributed by atoms with van der Waals surface area (Å²) in [5.41, 5.74) is 0.936. The minimum atomic E-state index is -0.721. The lowest BCUT2D eigenvalue weighted by Gasteiger charge is -2.17. The molecule has 0 aliphatic carbocycles. The molecule has 92 valence electrons. The minimum Gasteiger partial charge on any atom is -0.307 e. The van der Waals surface area contributed by atoms with Crippen molar-refractivity contribution in [2.24, 2.45) is 0 Å². The second-order valence-corrected chi connectivity index (χ2v) is 3.98. The van der Waals surface area contributed by atoms with Gasteiger partial charge in [0.15, 0.2) is 12.2 Å². The molecule has 2 rings (SSSR count). The van der Waals surface area contributed by atoms with E-state index in [1.54, 1.807) is 6.92 Å². The van der Waals surface area contributed by atoms with Gasteiger partial charge in [-0.1, -0.05) is 30.3 Å². The Kier molecular flexibility index (Phi) is 3.37. The van der Waals surface area contributed by atoms with Gasteiger partial charge in [-0.25, -0.2) is 0 Å². The van der Waals surface area contributed by atoms with Crippen LogP contribution in [0.2, 0.25) is 0 Å². The van der Waals surface area contributed by atoms with Crippen molar-refractivity contribution in [3.8, 4) is 0 Å². The van der Waals surface area contributed by atoms with Gasteiger partial charge < -0.3 is 4.57 Å². The Balaban J connectivity index is 2.48. The number of carbonyl (C=O) groups is 2. The summed E-state index contributed by atoms with van der Waals surface area (Å²) in [5, 5.41) is 0. The van der Waals surface area contributed by atoms with Crippen molar-refractivity contribution in [1.82, 2.24) is 4.57 Å². The maximum Gasteiger partial charge on any atom is 0.241 e. The molecule has 3 nitrogen and oxygen atoms in total. The number of benzene rings is 1. The Hall–Kier alpha value is -2.23. The number of aromatic nitrogens is 1. The van der Waals surface area contributed by atoms with Crippen LogP contribution in [-0.4, -0.2) is 16.6 Å². The van der Waals surface area contributed by atoms with Crippen molar-refractivity contribution in [2.45, 2.75) is 13.0 Å². The molecule has 0 saturated carbocycles. The lowest BCUT2D eigenvalue weighted by Crippen LogP contribution is -2.16. The highest BCUT2D eigenvalue weighted by molar-refractivity contribution is 6.32. The van der Waals surface area contributed by atoms with Crippen LogP contribution in [0.5, 0.6) is 0 Å². The molecule has 0 unspecified atom stereocenters. The molecule has 0 fully saturated rings. The number of halogens is 1. The average Bonchev–Trinajstić information content (AvgIpc) is 2.80. The zero-order valence-corrected chi connectivity index (χ0v) is 9.84. The first-order valence-electron chi connectivity index (χ1n) is 5.56. The smallest absolute Gasteiger partial charge is 0.241 e. The molecule has 1 heterocycles. The number of hydrogen-bond donors (Lipinski definition) is 0. The van der Waals surface area contributed by atoms with E-state index in [1.165, 1.54) is 16.7 Å². The summed E-state index contributed by atoms with van der Waals surface area (Å²) in [5.74, 6) is -1.25. The molecular weight excluding hydrogens is 233 g/mol. The number of carbonyl (C=O) groups excluding carboxylic acids is 2. The lowest BCUT2D eigenvalue weighted by molar-refractivity contribution is -0.104. The van der Waals surface area contributed by atoms with Crippen molar-refractivity contribution in [1.29, 1.82) is 0 Å². The SMILES string of the molecule is C[C@H](c1ccccc1)n1c(F)ccc1C(=O)C=O. The van der Waals surface area contributed by atoms with Gasteiger partial charge in [0.25, 0.3) is 0 Å². The lowest BCUT2D eigenvalue weighted by atomic mass is 10.1. The van der Waals surface area contributed by atoms with Crippen molar-refractivity contribution in [3.63, 3.8) is 0 Å². The minimum absolute atomic E-state index is 0.0684. The van der Waals surface area contributed by atoms with Crippen LogP contribution in [0.25, 0.3) is 0 Å². The summed E-state index contributed by atoms with van der Waals surface area (Å²) in [6.45, 7) is 1.78. The molecule has 1 aromatic heterocycles. The van der Waals surface area contributed by atoms with E-state index in [0.717, 1.165) is 5.56 Å². The molecule has 0 saturated heterocycles. The standard InChI is InChI=1S/C14H12FNO2/c1-10(11-5-3-2-4-6-11)16-12(13(18)9-17)7-8-14(16)15/h2-10H,1H3/t10-/m1/s1. The van der Waals surface area contributed by atoms with E-state index < -0.39 is 11.7 Å². The highest BCUT2D eigenvalue weighted by atomic mass is 19.1. The van der Waals surface area contributed by atoms with Gasteiger partial charge in [-0.3, -0.25) is 9.59 Å². The molecule has 0 radical (unpaired) electrons. The van der Waals surface area contributed by atoms with Crippen LogP contribution >= 0.6 is 0 Å². The Morgan fingerprint density at radius 1 is 1.22 bits per heavy atom. The van der Waals surface area contributed by atoms with Gasteiger partial charge in [0.1, 0.15) is 0 Å². The van der Waals surface area contributed by atoms with Gasteiger partial charge in [0, 0.05) is 0 Å². The highest BCUT2D eigenvalue weighted by Crippen LogP contribution is 2.22. The van der Waals surface area contributed by atoms with Crippen LogP contribution in [0.4, 0.5) is 4.39 Å². The number of ketones is 1. The number of aldehydes is 1. The summed E-state index contributed by atoms with van der Waals surface area (Å²) < 4.78 is 15.0. The molecule has 0 amide bonds. The molecule has 1 aromatic carbocycles. The normalized spacial score (nSPS) is 12.1. The van der Waals surface area contributed by atoms with Gasteiger partial charge >= 0.3 is 0 Å². The Morgan fingerprint density at radius 3 is 2.50 bits per heavy atom. The van der Waals surface area contributed by atoms with Crippen molar-refractivity contribution >= 4 is 12.1 Å². The predicted octanol–water partition coefficient (Wildman–Crippen LogP) is 2.62. The average molecular weight is 245 g/mol. The number of rotatable bonds is 4.